The van der Waals surface area contributed by atoms with E-state index in [9.17, 15) is 4.79 Å². The Kier molecular flexibility index (Phi) is 5.81. The first-order chi connectivity index (χ1) is 7.69. The Hall–Kier alpha value is -0.570. The van der Waals surface area contributed by atoms with Gasteiger partial charge >= 0.3 is 0 Å². The molecule has 0 aromatic carbocycles. The fourth-order valence-corrected chi connectivity index (χ4v) is 2.42. The van der Waals surface area contributed by atoms with E-state index < -0.39 is 0 Å². The Balaban J connectivity index is 2.44. The summed E-state index contributed by atoms with van der Waals surface area (Å²) in [6.07, 6.45) is 7.27. The van der Waals surface area contributed by atoms with Gasteiger partial charge in [0.15, 0.2) is 0 Å². The van der Waals surface area contributed by atoms with Crippen LogP contribution in [0, 0.1) is 11.8 Å². The molecule has 1 aliphatic carbocycles. The van der Waals surface area contributed by atoms with Crippen molar-refractivity contribution in [1.82, 2.24) is 5.32 Å². The number of hydrogen-bond acceptors (Lipinski definition) is 2. The van der Waals surface area contributed by atoms with Gasteiger partial charge in [0.1, 0.15) is 0 Å². The van der Waals surface area contributed by atoms with Crippen molar-refractivity contribution in [2.24, 2.45) is 17.6 Å². The van der Waals surface area contributed by atoms with Gasteiger partial charge < -0.3 is 11.1 Å². The van der Waals surface area contributed by atoms with Crippen LogP contribution in [0.15, 0.2) is 0 Å². The number of carbonyl (C=O) groups excluding carboxylic acids is 1. The number of carbonyl (C=O) groups is 1. The summed E-state index contributed by atoms with van der Waals surface area (Å²) < 4.78 is 0. The van der Waals surface area contributed by atoms with Crippen molar-refractivity contribution < 1.29 is 4.79 Å². The molecule has 0 radical (unpaired) electrons. The summed E-state index contributed by atoms with van der Waals surface area (Å²) in [7, 11) is 0. The third-order valence-corrected chi connectivity index (χ3v) is 3.86. The largest absolute Gasteiger partial charge is 0.352 e. The molecule has 0 saturated heterocycles. The van der Waals surface area contributed by atoms with Crippen LogP contribution in [-0.4, -0.2) is 18.5 Å². The molecule has 1 saturated carbocycles. The monoisotopic (exact) mass is 226 g/mol. The lowest BCUT2D eigenvalue weighted by Gasteiger charge is -2.30. The van der Waals surface area contributed by atoms with Crippen LogP contribution < -0.4 is 11.1 Å². The molecular weight excluding hydrogens is 200 g/mol. The number of hydrogen-bond donors (Lipinski definition) is 2. The normalized spacial score (nSPS) is 21.4. The predicted octanol–water partition coefficient (Wildman–Crippen LogP) is 2.06. The second-order valence-electron chi connectivity index (χ2n) is 5.06. The van der Waals surface area contributed by atoms with Gasteiger partial charge in [-0.3, -0.25) is 4.79 Å². The first-order valence-electron chi connectivity index (χ1n) is 6.69. The molecule has 1 rings (SSSR count). The lowest BCUT2D eigenvalue weighted by molar-refractivity contribution is -0.125. The van der Waals surface area contributed by atoms with E-state index in [4.69, 9.17) is 5.73 Å². The summed E-state index contributed by atoms with van der Waals surface area (Å²) in [6.45, 7) is 4.60. The van der Waals surface area contributed by atoms with Gasteiger partial charge in [0.05, 0.1) is 0 Å². The van der Waals surface area contributed by atoms with Gasteiger partial charge in [-0.25, -0.2) is 0 Å². The van der Waals surface area contributed by atoms with Crippen LogP contribution in [0.2, 0.25) is 0 Å². The topological polar surface area (TPSA) is 55.1 Å². The van der Waals surface area contributed by atoms with Crippen LogP contribution >= 0.6 is 0 Å². The van der Waals surface area contributed by atoms with Crippen LogP contribution in [0.1, 0.15) is 52.4 Å². The number of rotatable bonds is 5. The third kappa shape index (κ3) is 3.78. The number of amides is 1. The molecule has 3 heteroatoms. The molecule has 0 spiro atoms. The summed E-state index contributed by atoms with van der Waals surface area (Å²) in [4.78, 5) is 11.8. The van der Waals surface area contributed by atoms with Crippen molar-refractivity contribution in [3.05, 3.63) is 0 Å². The van der Waals surface area contributed by atoms with Crippen molar-refractivity contribution in [3.63, 3.8) is 0 Å². The molecule has 0 aromatic rings. The molecule has 0 aromatic heterocycles. The van der Waals surface area contributed by atoms with Gasteiger partial charge in [-0.2, -0.15) is 0 Å². The highest BCUT2D eigenvalue weighted by Crippen LogP contribution is 2.26. The lowest BCUT2D eigenvalue weighted by atomic mass is 9.83. The maximum absolute atomic E-state index is 11.8. The average molecular weight is 226 g/mol. The fourth-order valence-electron chi connectivity index (χ4n) is 2.42. The number of nitrogens with one attached hydrogen (secondary N) is 1. The standard InChI is InChI=1S/C13H26N2O/c1-3-10(2)13(16)15-12(9-14)11-7-5-4-6-8-11/h10-12H,3-9,14H2,1-2H3,(H,15,16). The van der Waals surface area contributed by atoms with E-state index in [1.807, 2.05) is 13.8 Å². The minimum atomic E-state index is 0.109. The van der Waals surface area contributed by atoms with Gasteiger partial charge in [0, 0.05) is 18.5 Å². The van der Waals surface area contributed by atoms with Gasteiger partial charge in [-0.05, 0) is 25.2 Å². The molecule has 3 N–H and O–H groups in total. The molecule has 0 heterocycles. The molecule has 2 unspecified atom stereocenters. The molecule has 0 aliphatic heterocycles. The summed E-state index contributed by atoms with van der Waals surface area (Å²) in [5, 5.41) is 3.12. The molecule has 16 heavy (non-hydrogen) atoms. The highest BCUT2D eigenvalue weighted by atomic mass is 16.1. The van der Waals surface area contributed by atoms with E-state index in [0.29, 0.717) is 12.5 Å². The van der Waals surface area contributed by atoms with Crippen LogP contribution in [0.25, 0.3) is 0 Å². The molecule has 0 bridgehead atoms. The zero-order chi connectivity index (χ0) is 12.0. The van der Waals surface area contributed by atoms with Gasteiger partial charge in [0.25, 0.3) is 0 Å². The molecular formula is C13H26N2O. The second-order valence-corrected chi connectivity index (χ2v) is 5.06. The van der Waals surface area contributed by atoms with Crippen molar-refractivity contribution in [3.8, 4) is 0 Å². The van der Waals surface area contributed by atoms with E-state index in [1.165, 1.54) is 32.1 Å². The third-order valence-electron chi connectivity index (χ3n) is 3.86. The molecule has 1 aliphatic rings. The fraction of sp³-hybridized carbons (Fsp3) is 0.923. The van der Waals surface area contributed by atoms with E-state index in [0.717, 1.165) is 6.42 Å². The first kappa shape index (κ1) is 13.5. The molecule has 2 atom stereocenters. The quantitative estimate of drug-likeness (QED) is 0.754. The van der Waals surface area contributed by atoms with Crippen LogP contribution in [-0.2, 0) is 4.79 Å². The van der Waals surface area contributed by atoms with Crippen molar-refractivity contribution in [2.75, 3.05) is 6.54 Å². The molecule has 3 nitrogen and oxygen atoms in total. The van der Waals surface area contributed by atoms with E-state index >= 15 is 0 Å². The Morgan fingerprint density at radius 1 is 1.38 bits per heavy atom. The van der Waals surface area contributed by atoms with Gasteiger partial charge in [-0.1, -0.05) is 33.1 Å². The number of nitrogens with two attached hydrogens (primary N) is 1. The zero-order valence-corrected chi connectivity index (χ0v) is 10.7. The van der Waals surface area contributed by atoms with Crippen molar-refractivity contribution in [1.29, 1.82) is 0 Å². The second kappa shape index (κ2) is 6.89. The molecule has 1 amide bonds. The van der Waals surface area contributed by atoms with E-state index in [1.54, 1.807) is 0 Å². The van der Waals surface area contributed by atoms with Crippen LogP contribution in [0.3, 0.4) is 0 Å². The smallest absolute Gasteiger partial charge is 0.223 e. The highest BCUT2D eigenvalue weighted by molar-refractivity contribution is 5.78. The maximum Gasteiger partial charge on any atom is 0.223 e. The van der Waals surface area contributed by atoms with E-state index in [2.05, 4.69) is 5.32 Å². The first-order valence-corrected chi connectivity index (χ1v) is 6.69. The summed E-state index contributed by atoms with van der Waals surface area (Å²) in [5.74, 6) is 0.882. The SMILES string of the molecule is CCC(C)C(=O)NC(CN)C1CCCCC1. The Morgan fingerprint density at radius 3 is 2.50 bits per heavy atom. The van der Waals surface area contributed by atoms with Crippen molar-refractivity contribution in [2.45, 2.75) is 58.4 Å². The van der Waals surface area contributed by atoms with Crippen LogP contribution in [0.4, 0.5) is 0 Å². The molecule has 94 valence electrons. The van der Waals surface area contributed by atoms with Gasteiger partial charge in [0.2, 0.25) is 5.91 Å². The maximum atomic E-state index is 11.8. The highest BCUT2D eigenvalue weighted by Gasteiger charge is 2.24. The lowest BCUT2D eigenvalue weighted by Crippen LogP contribution is -2.47. The Morgan fingerprint density at radius 2 is 2.00 bits per heavy atom. The predicted molar refractivity (Wildman–Crippen MR) is 67.0 cm³/mol. The Bertz CT molecular complexity index is 212. The Labute approximate surface area is 99.2 Å². The van der Waals surface area contributed by atoms with Crippen LogP contribution in [0.5, 0.6) is 0 Å². The van der Waals surface area contributed by atoms with Gasteiger partial charge in [-0.15, -0.1) is 0 Å². The average Bonchev–Trinajstić information content (AvgIpc) is 2.35. The summed E-state index contributed by atoms with van der Waals surface area (Å²) >= 11 is 0. The summed E-state index contributed by atoms with van der Waals surface area (Å²) in [6, 6.07) is 0.196. The zero-order valence-electron chi connectivity index (χ0n) is 10.7. The molecule has 1 fully saturated rings. The minimum Gasteiger partial charge on any atom is -0.352 e. The van der Waals surface area contributed by atoms with Crippen molar-refractivity contribution >= 4 is 5.91 Å². The van der Waals surface area contributed by atoms with E-state index in [-0.39, 0.29) is 17.9 Å². The minimum absolute atomic E-state index is 0.109. The summed E-state index contributed by atoms with van der Waals surface area (Å²) in [5.41, 5.74) is 5.78.